The molecule has 0 amide bonds. The van der Waals surface area contributed by atoms with Gasteiger partial charge in [0.15, 0.2) is 0 Å². The normalized spacial score (nSPS) is 19.0. The van der Waals surface area contributed by atoms with Gasteiger partial charge in [0.2, 0.25) is 0 Å². The van der Waals surface area contributed by atoms with Crippen molar-refractivity contribution in [3.05, 3.63) is 53.2 Å². The van der Waals surface area contributed by atoms with E-state index in [1.807, 2.05) is 12.1 Å². The second kappa shape index (κ2) is 8.15. The zero-order valence-electron chi connectivity index (χ0n) is 15.8. The van der Waals surface area contributed by atoms with Crippen molar-refractivity contribution < 1.29 is 9.50 Å². The Morgan fingerprint density at radius 3 is 2.74 bits per heavy atom. The van der Waals surface area contributed by atoms with Crippen LogP contribution in [0.4, 0.5) is 10.1 Å². The van der Waals surface area contributed by atoms with Crippen molar-refractivity contribution in [3.8, 4) is 10.4 Å². The first-order valence-electron chi connectivity index (χ1n) is 10.1. The fourth-order valence-corrected chi connectivity index (χ4v) is 5.87. The zero-order valence-corrected chi connectivity index (χ0v) is 16.6. The molecule has 1 fully saturated rings. The summed E-state index contributed by atoms with van der Waals surface area (Å²) in [7, 11) is 0. The third kappa shape index (κ3) is 3.83. The predicted octanol–water partition coefficient (Wildman–Crippen LogP) is 6.11. The van der Waals surface area contributed by atoms with Gasteiger partial charge in [-0.1, -0.05) is 31.8 Å². The molecule has 0 bridgehead atoms. The van der Waals surface area contributed by atoms with E-state index in [0.717, 1.165) is 41.9 Å². The highest BCUT2D eigenvalue weighted by Gasteiger charge is 2.27. The van der Waals surface area contributed by atoms with Gasteiger partial charge >= 0.3 is 0 Å². The number of benzene rings is 1. The SMILES string of the molecule is C=CCN1CCc2cc(C(O)C3CCCCCC3)sc2-c2ccc(F)cc21. The smallest absolute Gasteiger partial charge is 0.125 e. The Balaban J connectivity index is 1.69. The van der Waals surface area contributed by atoms with E-state index < -0.39 is 0 Å². The molecule has 144 valence electrons. The van der Waals surface area contributed by atoms with Crippen LogP contribution in [0.3, 0.4) is 0 Å². The monoisotopic (exact) mass is 385 g/mol. The number of hydrogen-bond donors (Lipinski definition) is 1. The number of anilines is 1. The summed E-state index contributed by atoms with van der Waals surface area (Å²) in [5.41, 5.74) is 3.29. The molecule has 0 spiro atoms. The molecule has 1 unspecified atom stereocenters. The molecule has 0 saturated heterocycles. The molecule has 1 aromatic heterocycles. The maximum Gasteiger partial charge on any atom is 0.125 e. The molecule has 1 saturated carbocycles. The van der Waals surface area contributed by atoms with Gasteiger partial charge in [-0.05, 0) is 55.0 Å². The molecule has 1 aliphatic carbocycles. The Morgan fingerprint density at radius 2 is 2.00 bits per heavy atom. The summed E-state index contributed by atoms with van der Waals surface area (Å²) in [5.74, 6) is 0.168. The minimum atomic E-state index is -0.367. The fraction of sp³-hybridized carbons (Fsp3) is 0.478. The van der Waals surface area contributed by atoms with Crippen molar-refractivity contribution in [2.24, 2.45) is 5.92 Å². The molecule has 2 aromatic rings. The molecule has 2 nitrogen and oxygen atoms in total. The molecule has 1 aromatic carbocycles. The number of aliphatic hydroxyl groups excluding tert-OH is 1. The highest BCUT2D eigenvalue weighted by atomic mass is 32.1. The first kappa shape index (κ1) is 18.7. The lowest BCUT2D eigenvalue weighted by Crippen LogP contribution is -2.25. The van der Waals surface area contributed by atoms with E-state index in [1.165, 1.54) is 36.1 Å². The number of thiophene rings is 1. The number of halogens is 1. The number of hydrogen-bond acceptors (Lipinski definition) is 3. The van der Waals surface area contributed by atoms with Gasteiger partial charge in [-0.15, -0.1) is 17.9 Å². The summed E-state index contributed by atoms with van der Waals surface area (Å²) < 4.78 is 13.9. The van der Waals surface area contributed by atoms with Crippen LogP contribution in [0, 0.1) is 11.7 Å². The lowest BCUT2D eigenvalue weighted by Gasteiger charge is -2.23. The van der Waals surface area contributed by atoms with Crippen LogP contribution in [-0.2, 0) is 6.42 Å². The molecule has 1 atom stereocenters. The number of fused-ring (bicyclic) bond motifs is 3. The quantitative estimate of drug-likeness (QED) is 0.507. The van der Waals surface area contributed by atoms with Gasteiger partial charge in [0.1, 0.15) is 5.82 Å². The van der Waals surface area contributed by atoms with E-state index in [-0.39, 0.29) is 11.9 Å². The first-order valence-corrected chi connectivity index (χ1v) is 11.0. The second-order valence-corrected chi connectivity index (χ2v) is 8.93. The van der Waals surface area contributed by atoms with Crippen molar-refractivity contribution in [1.29, 1.82) is 0 Å². The van der Waals surface area contributed by atoms with Gasteiger partial charge in [0, 0.05) is 34.1 Å². The van der Waals surface area contributed by atoms with Crippen LogP contribution in [0.5, 0.6) is 0 Å². The van der Waals surface area contributed by atoms with E-state index in [2.05, 4.69) is 17.5 Å². The molecule has 1 N–H and O–H groups in total. The lowest BCUT2D eigenvalue weighted by molar-refractivity contribution is 0.102. The maximum absolute atomic E-state index is 13.9. The Hall–Kier alpha value is -1.65. The molecule has 1 aliphatic heterocycles. The van der Waals surface area contributed by atoms with Crippen molar-refractivity contribution in [2.45, 2.75) is 51.0 Å². The van der Waals surface area contributed by atoms with Gasteiger partial charge in [-0.25, -0.2) is 4.39 Å². The summed E-state index contributed by atoms with van der Waals surface area (Å²) in [6.45, 7) is 5.40. The summed E-state index contributed by atoms with van der Waals surface area (Å²) >= 11 is 1.70. The third-order valence-electron chi connectivity index (χ3n) is 6.01. The third-order valence-corrected chi connectivity index (χ3v) is 7.29. The van der Waals surface area contributed by atoms with Crippen molar-refractivity contribution in [2.75, 3.05) is 18.0 Å². The van der Waals surface area contributed by atoms with E-state index >= 15 is 0 Å². The lowest BCUT2D eigenvalue weighted by atomic mass is 9.92. The molecule has 4 rings (SSSR count). The largest absolute Gasteiger partial charge is 0.387 e. The maximum atomic E-state index is 13.9. The average Bonchev–Trinajstić information content (AvgIpc) is 2.83. The summed E-state index contributed by atoms with van der Waals surface area (Å²) in [4.78, 5) is 4.47. The van der Waals surface area contributed by atoms with E-state index in [0.29, 0.717) is 12.5 Å². The Labute approximate surface area is 165 Å². The molecule has 4 heteroatoms. The molecular weight excluding hydrogens is 357 g/mol. The van der Waals surface area contributed by atoms with Gasteiger partial charge in [0.05, 0.1) is 6.10 Å². The van der Waals surface area contributed by atoms with Crippen LogP contribution in [0.25, 0.3) is 10.4 Å². The van der Waals surface area contributed by atoms with E-state index in [9.17, 15) is 9.50 Å². The molecular formula is C23H28FNOS. The summed E-state index contributed by atoms with van der Waals surface area (Å²) in [6, 6.07) is 7.28. The molecule has 2 aliphatic rings. The van der Waals surface area contributed by atoms with Gasteiger partial charge in [0.25, 0.3) is 0 Å². The molecule has 27 heavy (non-hydrogen) atoms. The highest BCUT2D eigenvalue weighted by Crippen LogP contribution is 2.45. The van der Waals surface area contributed by atoms with Gasteiger partial charge in [-0.3, -0.25) is 0 Å². The highest BCUT2D eigenvalue weighted by molar-refractivity contribution is 7.15. The molecule has 0 radical (unpaired) electrons. The van der Waals surface area contributed by atoms with Gasteiger partial charge in [-0.2, -0.15) is 0 Å². The fourth-order valence-electron chi connectivity index (χ4n) is 4.55. The Bertz CT molecular complexity index is 807. The van der Waals surface area contributed by atoms with Gasteiger partial charge < -0.3 is 10.0 Å². The van der Waals surface area contributed by atoms with E-state index in [1.54, 1.807) is 23.5 Å². The van der Waals surface area contributed by atoms with Crippen LogP contribution in [0.15, 0.2) is 36.9 Å². The van der Waals surface area contributed by atoms with Crippen LogP contribution < -0.4 is 4.90 Å². The summed E-state index contributed by atoms with van der Waals surface area (Å²) in [6.07, 6.45) is 9.70. The van der Waals surface area contributed by atoms with Crippen LogP contribution in [0.2, 0.25) is 0 Å². The first-order chi connectivity index (χ1) is 13.2. The van der Waals surface area contributed by atoms with E-state index in [4.69, 9.17) is 0 Å². The van der Waals surface area contributed by atoms with Crippen LogP contribution >= 0.6 is 11.3 Å². The van der Waals surface area contributed by atoms with Crippen LogP contribution in [0.1, 0.15) is 55.1 Å². The molecule has 2 heterocycles. The Kier molecular flexibility index (Phi) is 5.65. The zero-order chi connectivity index (χ0) is 18.8. The van der Waals surface area contributed by atoms with Crippen molar-refractivity contribution in [1.82, 2.24) is 0 Å². The summed E-state index contributed by atoms with van der Waals surface area (Å²) in [5, 5.41) is 11.0. The number of aliphatic hydroxyl groups is 1. The number of nitrogens with zero attached hydrogens (tertiary/aromatic N) is 1. The minimum Gasteiger partial charge on any atom is -0.387 e. The second-order valence-electron chi connectivity index (χ2n) is 7.85. The van der Waals surface area contributed by atoms with Crippen molar-refractivity contribution in [3.63, 3.8) is 0 Å². The number of rotatable bonds is 4. The van der Waals surface area contributed by atoms with Crippen molar-refractivity contribution >= 4 is 17.0 Å². The van der Waals surface area contributed by atoms with Crippen LogP contribution in [-0.4, -0.2) is 18.2 Å². The minimum absolute atomic E-state index is 0.207. The predicted molar refractivity (Wildman–Crippen MR) is 112 cm³/mol. The Morgan fingerprint density at radius 1 is 1.22 bits per heavy atom. The standard InChI is InChI=1S/C23H28FNOS/c1-2-12-25-13-11-17-14-21(22(26)16-7-5-3-4-6-8-16)27-23(17)19-10-9-18(24)15-20(19)25/h2,9-10,14-16,22,26H,1,3-8,11-13H2. The topological polar surface area (TPSA) is 23.5 Å². The average molecular weight is 386 g/mol.